The number of nitrogens with one attached hydrogen (secondary N) is 2. The number of anilines is 1. The van der Waals surface area contributed by atoms with Crippen molar-refractivity contribution in [3.8, 4) is 0 Å². The van der Waals surface area contributed by atoms with Crippen molar-refractivity contribution in [3.05, 3.63) is 114 Å². The van der Waals surface area contributed by atoms with Gasteiger partial charge in [-0.2, -0.15) is 0 Å². The summed E-state index contributed by atoms with van der Waals surface area (Å²) in [6.07, 6.45) is -0.0422. The molecule has 216 valence electrons. The third-order valence-corrected chi connectivity index (χ3v) is 7.36. The van der Waals surface area contributed by atoms with Crippen molar-refractivity contribution in [3.63, 3.8) is 0 Å². The molecule has 1 aliphatic heterocycles. The van der Waals surface area contributed by atoms with Crippen LogP contribution in [0.5, 0.6) is 0 Å². The van der Waals surface area contributed by atoms with E-state index in [0.717, 1.165) is 28.3 Å². The summed E-state index contributed by atoms with van der Waals surface area (Å²) in [4.78, 5) is 41.9. The third kappa shape index (κ3) is 7.40. The van der Waals surface area contributed by atoms with E-state index in [1.165, 1.54) is 0 Å². The number of carbonyl (C=O) groups excluding carboxylic acids is 3. The highest BCUT2D eigenvalue weighted by Crippen LogP contribution is 2.27. The van der Waals surface area contributed by atoms with E-state index < -0.39 is 24.2 Å². The number of fused-ring (bicyclic) bond motifs is 1. The number of nitrogens with two attached hydrogens (primary N) is 1. The van der Waals surface area contributed by atoms with Gasteiger partial charge in [0, 0.05) is 24.2 Å². The van der Waals surface area contributed by atoms with Gasteiger partial charge in [0.05, 0.1) is 0 Å². The van der Waals surface area contributed by atoms with Gasteiger partial charge in [0.15, 0.2) is 12.2 Å². The molecule has 1 fully saturated rings. The van der Waals surface area contributed by atoms with E-state index in [4.69, 9.17) is 10.5 Å². The monoisotopic (exact) mass is 564 g/mol. The molecule has 1 aliphatic rings. The van der Waals surface area contributed by atoms with Crippen LogP contribution >= 0.6 is 0 Å². The van der Waals surface area contributed by atoms with E-state index in [0.29, 0.717) is 38.2 Å². The minimum Gasteiger partial charge on any atom is -0.349 e. The fourth-order valence-electron chi connectivity index (χ4n) is 5.07. The van der Waals surface area contributed by atoms with E-state index in [2.05, 4.69) is 10.6 Å². The summed E-state index contributed by atoms with van der Waals surface area (Å²) < 4.78 is 5.62. The topological polar surface area (TPSA) is 117 Å². The van der Waals surface area contributed by atoms with Crippen molar-refractivity contribution < 1.29 is 19.1 Å². The van der Waals surface area contributed by atoms with Gasteiger partial charge in [0.25, 0.3) is 11.8 Å². The van der Waals surface area contributed by atoms with Crippen LogP contribution in [0.15, 0.2) is 103 Å². The highest BCUT2D eigenvalue weighted by atomic mass is 16.6. The first-order valence-electron chi connectivity index (χ1n) is 14.3. The molecule has 0 saturated carbocycles. The predicted octanol–water partition coefficient (Wildman–Crippen LogP) is 4.39. The molecule has 0 aliphatic carbocycles. The second-order valence-corrected chi connectivity index (χ2v) is 10.5. The molecular formula is C34H36N4O4. The molecule has 3 atom stereocenters. The van der Waals surface area contributed by atoms with Crippen LogP contribution < -0.4 is 16.4 Å². The van der Waals surface area contributed by atoms with Gasteiger partial charge in [-0.25, -0.2) is 0 Å². The molecule has 8 nitrogen and oxygen atoms in total. The lowest BCUT2D eigenvalue weighted by Crippen LogP contribution is -2.46. The average Bonchev–Trinajstić information content (AvgIpc) is 3.82. The number of epoxide rings is 1. The maximum Gasteiger partial charge on any atom is 0.255 e. The van der Waals surface area contributed by atoms with Gasteiger partial charge in [0.2, 0.25) is 5.91 Å². The Morgan fingerprint density at radius 1 is 0.762 bits per heavy atom. The molecule has 3 amide bonds. The number of ether oxygens (including phenoxy) is 1. The van der Waals surface area contributed by atoms with Crippen molar-refractivity contribution in [1.82, 2.24) is 10.2 Å². The van der Waals surface area contributed by atoms with Gasteiger partial charge in [-0.1, -0.05) is 97.1 Å². The first kappa shape index (κ1) is 29.0. The lowest BCUT2D eigenvalue weighted by Gasteiger charge is -2.22. The van der Waals surface area contributed by atoms with Crippen LogP contribution in [0.2, 0.25) is 0 Å². The molecule has 8 heteroatoms. The maximum absolute atomic E-state index is 13.6. The van der Waals surface area contributed by atoms with Gasteiger partial charge in [0.1, 0.15) is 6.04 Å². The summed E-state index contributed by atoms with van der Waals surface area (Å²) in [5.74, 6) is -1.06. The van der Waals surface area contributed by atoms with E-state index >= 15 is 0 Å². The van der Waals surface area contributed by atoms with Crippen LogP contribution in [0, 0.1) is 0 Å². The zero-order chi connectivity index (χ0) is 29.3. The van der Waals surface area contributed by atoms with Crippen LogP contribution in [0.25, 0.3) is 10.8 Å². The Morgan fingerprint density at radius 2 is 1.38 bits per heavy atom. The van der Waals surface area contributed by atoms with Crippen LogP contribution in [0.4, 0.5) is 5.69 Å². The molecule has 0 spiro atoms. The SMILES string of the molecule is NCCCC[C@H](NC(=O)C1OC1C(=O)N(Cc1ccccc1)Cc1ccccc1)C(=O)Nc1cccc2ccccc12. The summed E-state index contributed by atoms with van der Waals surface area (Å²) in [6, 6.07) is 32.1. The summed E-state index contributed by atoms with van der Waals surface area (Å²) >= 11 is 0. The number of nitrogens with zero attached hydrogens (tertiary/aromatic N) is 1. The highest BCUT2D eigenvalue weighted by Gasteiger charge is 2.52. The predicted molar refractivity (Wildman–Crippen MR) is 163 cm³/mol. The minimum atomic E-state index is -0.950. The summed E-state index contributed by atoms with van der Waals surface area (Å²) in [7, 11) is 0. The summed E-state index contributed by atoms with van der Waals surface area (Å²) in [5.41, 5.74) is 8.31. The number of benzene rings is 4. The lowest BCUT2D eigenvalue weighted by molar-refractivity contribution is -0.134. The fraction of sp³-hybridized carbons (Fsp3) is 0.265. The normalized spacial score (nSPS) is 16.4. The molecule has 5 rings (SSSR count). The largest absolute Gasteiger partial charge is 0.349 e. The molecule has 1 saturated heterocycles. The zero-order valence-electron chi connectivity index (χ0n) is 23.4. The molecule has 4 aromatic rings. The first-order valence-corrected chi connectivity index (χ1v) is 14.3. The Labute approximate surface area is 245 Å². The van der Waals surface area contributed by atoms with Gasteiger partial charge >= 0.3 is 0 Å². The second-order valence-electron chi connectivity index (χ2n) is 10.5. The number of unbranched alkanes of at least 4 members (excludes halogenated alkanes) is 1. The Bertz CT molecular complexity index is 1470. The van der Waals surface area contributed by atoms with Crippen molar-refractivity contribution in [1.29, 1.82) is 0 Å². The molecule has 0 radical (unpaired) electrons. The first-order chi connectivity index (χ1) is 20.5. The molecule has 0 aromatic heterocycles. The Kier molecular flexibility index (Phi) is 9.59. The van der Waals surface area contributed by atoms with Crippen LogP contribution in [-0.2, 0) is 32.2 Å². The van der Waals surface area contributed by atoms with Gasteiger partial charge in [-0.05, 0) is 48.4 Å². The molecule has 4 N–H and O–H groups in total. The standard InChI is InChI=1S/C34H36N4O4/c35-21-10-9-19-29(32(39)36-28-20-11-17-26-16-7-8-18-27(26)28)37-33(40)30-31(42-30)34(41)38(22-24-12-3-1-4-13-24)23-25-14-5-2-6-15-25/h1-8,11-18,20,29-31H,9-10,19,21-23,35H2,(H,36,39)(H,37,40)/t29-,30?,31?/m0/s1. The Hall–Kier alpha value is -4.53. The molecule has 1 heterocycles. The van der Waals surface area contributed by atoms with Crippen molar-refractivity contribution in [2.45, 2.75) is 50.6 Å². The van der Waals surface area contributed by atoms with Gasteiger partial charge in [-0.15, -0.1) is 0 Å². The Balaban J connectivity index is 1.26. The quantitative estimate of drug-likeness (QED) is 0.165. The summed E-state index contributed by atoms with van der Waals surface area (Å²) in [5, 5.41) is 7.74. The lowest BCUT2D eigenvalue weighted by atomic mass is 10.1. The molecule has 2 unspecified atom stereocenters. The highest BCUT2D eigenvalue weighted by molar-refractivity contribution is 6.05. The van der Waals surface area contributed by atoms with E-state index in [-0.39, 0.29) is 11.8 Å². The second kappa shape index (κ2) is 13.9. The minimum absolute atomic E-state index is 0.261. The number of amides is 3. The maximum atomic E-state index is 13.6. The van der Waals surface area contributed by atoms with Crippen LogP contribution in [-0.4, -0.2) is 47.4 Å². The smallest absolute Gasteiger partial charge is 0.255 e. The van der Waals surface area contributed by atoms with Gasteiger partial charge in [-0.3, -0.25) is 14.4 Å². The number of carbonyl (C=O) groups is 3. The van der Waals surface area contributed by atoms with Crippen LogP contribution in [0.1, 0.15) is 30.4 Å². The van der Waals surface area contributed by atoms with E-state index in [1.54, 1.807) is 4.90 Å². The Morgan fingerprint density at radius 3 is 2.05 bits per heavy atom. The third-order valence-electron chi connectivity index (χ3n) is 7.36. The van der Waals surface area contributed by atoms with Gasteiger partial charge < -0.3 is 26.0 Å². The summed E-state index contributed by atoms with van der Waals surface area (Å²) in [6.45, 7) is 1.27. The molecular weight excluding hydrogens is 528 g/mol. The number of hydrogen-bond acceptors (Lipinski definition) is 5. The molecule has 0 bridgehead atoms. The molecule has 4 aromatic carbocycles. The number of rotatable bonds is 13. The van der Waals surface area contributed by atoms with E-state index in [1.807, 2.05) is 103 Å². The number of hydrogen-bond donors (Lipinski definition) is 3. The van der Waals surface area contributed by atoms with Crippen LogP contribution in [0.3, 0.4) is 0 Å². The zero-order valence-corrected chi connectivity index (χ0v) is 23.4. The average molecular weight is 565 g/mol. The van der Waals surface area contributed by atoms with E-state index in [9.17, 15) is 14.4 Å². The molecule has 42 heavy (non-hydrogen) atoms. The van der Waals surface area contributed by atoms with Crippen molar-refractivity contribution in [2.24, 2.45) is 5.73 Å². The van der Waals surface area contributed by atoms with Crippen molar-refractivity contribution >= 4 is 34.2 Å². The fourth-order valence-corrected chi connectivity index (χ4v) is 5.07. The van der Waals surface area contributed by atoms with Crippen molar-refractivity contribution in [2.75, 3.05) is 11.9 Å².